The van der Waals surface area contributed by atoms with E-state index in [1.807, 2.05) is 22.9 Å². The molecule has 8 nitrogen and oxygen atoms in total. The maximum Gasteiger partial charge on any atom is 0.246 e. The smallest absolute Gasteiger partial charge is 0.246 e. The fourth-order valence-corrected chi connectivity index (χ4v) is 3.12. The summed E-state index contributed by atoms with van der Waals surface area (Å²) < 4.78 is 13.3. The Kier molecular flexibility index (Phi) is 4.68. The number of aliphatic hydroxyl groups is 1. The molecule has 0 aliphatic heterocycles. The molecule has 2 heterocycles. The van der Waals surface area contributed by atoms with Crippen molar-refractivity contribution in [2.75, 3.05) is 18.9 Å². The summed E-state index contributed by atoms with van der Waals surface area (Å²) in [6.45, 7) is 0.659. The lowest BCUT2D eigenvalue weighted by Gasteiger charge is -2.35. The first kappa shape index (κ1) is 16.7. The standard InChI is InChI=1S/C18H21N5O3/c19-16-15-17(21-11-20-16)23(22-18(15)25-7-6-24)13-8-14(9-13)26-10-12-4-2-1-3-5-12/h1-5,11,13-14,24H,6-10H2,(H2,19,20,21). The zero-order valence-electron chi connectivity index (χ0n) is 14.3. The Hall–Kier alpha value is -2.71. The van der Waals surface area contributed by atoms with Gasteiger partial charge in [-0.15, -0.1) is 5.10 Å². The monoisotopic (exact) mass is 355 g/mol. The van der Waals surface area contributed by atoms with Gasteiger partial charge in [-0.2, -0.15) is 0 Å². The number of benzene rings is 1. The van der Waals surface area contributed by atoms with Gasteiger partial charge in [0.2, 0.25) is 5.88 Å². The van der Waals surface area contributed by atoms with Gasteiger partial charge in [-0.05, 0) is 18.4 Å². The van der Waals surface area contributed by atoms with Gasteiger partial charge in [-0.3, -0.25) is 0 Å². The molecule has 3 aromatic rings. The minimum atomic E-state index is -0.0965. The van der Waals surface area contributed by atoms with Crippen molar-refractivity contribution < 1.29 is 14.6 Å². The number of nitrogens with two attached hydrogens (primary N) is 1. The highest BCUT2D eigenvalue weighted by Crippen LogP contribution is 2.39. The first-order chi connectivity index (χ1) is 12.8. The number of rotatable bonds is 7. The molecule has 136 valence electrons. The molecule has 0 amide bonds. The van der Waals surface area contributed by atoms with Gasteiger partial charge in [-0.25, -0.2) is 14.6 Å². The molecule has 26 heavy (non-hydrogen) atoms. The van der Waals surface area contributed by atoms with Crippen molar-refractivity contribution in [3.63, 3.8) is 0 Å². The average molecular weight is 355 g/mol. The molecule has 0 bridgehead atoms. The SMILES string of the molecule is Nc1ncnc2c1c(OCCO)nn2C1CC(OCc2ccccc2)C1. The summed E-state index contributed by atoms with van der Waals surface area (Å²) in [5, 5.41) is 14.1. The summed E-state index contributed by atoms with van der Waals surface area (Å²) in [4.78, 5) is 8.33. The number of nitrogens with zero attached hydrogens (tertiary/aromatic N) is 4. The molecular weight excluding hydrogens is 334 g/mol. The van der Waals surface area contributed by atoms with E-state index in [1.165, 1.54) is 11.9 Å². The van der Waals surface area contributed by atoms with Crippen LogP contribution >= 0.6 is 0 Å². The third-order valence-electron chi connectivity index (χ3n) is 4.56. The van der Waals surface area contributed by atoms with E-state index in [9.17, 15) is 0 Å². The molecule has 0 radical (unpaired) electrons. The summed E-state index contributed by atoms with van der Waals surface area (Å²) in [7, 11) is 0. The van der Waals surface area contributed by atoms with E-state index in [1.54, 1.807) is 0 Å². The van der Waals surface area contributed by atoms with Crippen LogP contribution in [0.15, 0.2) is 36.7 Å². The van der Waals surface area contributed by atoms with Crippen LogP contribution in [0, 0.1) is 0 Å². The second kappa shape index (κ2) is 7.27. The lowest BCUT2D eigenvalue weighted by atomic mass is 9.89. The van der Waals surface area contributed by atoms with E-state index in [4.69, 9.17) is 20.3 Å². The van der Waals surface area contributed by atoms with Gasteiger partial charge >= 0.3 is 0 Å². The number of hydrogen-bond acceptors (Lipinski definition) is 7. The van der Waals surface area contributed by atoms with Crippen molar-refractivity contribution in [1.82, 2.24) is 19.7 Å². The zero-order chi connectivity index (χ0) is 17.9. The molecule has 4 rings (SSSR count). The predicted octanol–water partition coefficient (Wildman–Crippen LogP) is 1.70. The third kappa shape index (κ3) is 3.21. The number of aliphatic hydroxyl groups excluding tert-OH is 1. The lowest BCUT2D eigenvalue weighted by Crippen LogP contribution is -2.34. The van der Waals surface area contributed by atoms with E-state index in [2.05, 4.69) is 27.2 Å². The fourth-order valence-electron chi connectivity index (χ4n) is 3.12. The molecule has 0 unspecified atom stereocenters. The predicted molar refractivity (Wildman–Crippen MR) is 95.6 cm³/mol. The quantitative estimate of drug-likeness (QED) is 0.664. The third-order valence-corrected chi connectivity index (χ3v) is 4.56. The Morgan fingerprint density at radius 2 is 2.00 bits per heavy atom. The van der Waals surface area contributed by atoms with Crippen molar-refractivity contribution in [1.29, 1.82) is 0 Å². The van der Waals surface area contributed by atoms with Gasteiger partial charge in [0.15, 0.2) is 5.65 Å². The van der Waals surface area contributed by atoms with Crippen LogP contribution < -0.4 is 10.5 Å². The molecule has 2 aromatic heterocycles. The number of fused-ring (bicyclic) bond motifs is 1. The van der Waals surface area contributed by atoms with Crippen LogP contribution in [0.3, 0.4) is 0 Å². The summed E-state index contributed by atoms with van der Waals surface area (Å²) in [5.41, 5.74) is 7.79. The highest BCUT2D eigenvalue weighted by atomic mass is 16.5. The number of hydrogen-bond donors (Lipinski definition) is 2. The minimum absolute atomic E-state index is 0.0965. The lowest BCUT2D eigenvalue weighted by molar-refractivity contribution is -0.0377. The summed E-state index contributed by atoms with van der Waals surface area (Å²) in [6.07, 6.45) is 3.33. The first-order valence-corrected chi connectivity index (χ1v) is 8.64. The van der Waals surface area contributed by atoms with Crippen molar-refractivity contribution in [2.45, 2.75) is 31.6 Å². The molecular formula is C18H21N5O3. The van der Waals surface area contributed by atoms with E-state index >= 15 is 0 Å². The Bertz CT molecular complexity index is 877. The highest BCUT2D eigenvalue weighted by molar-refractivity contribution is 5.90. The van der Waals surface area contributed by atoms with Crippen molar-refractivity contribution >= 4 is 16.9 Å². The van der Waals surface area contributed by atoms with Gasteiger partial charge < -0.3 is 20.3 Å². The Morgan fingerprint density at radius 3 is 2.77 bits per heavy atom. The van der Waals surface area contributed by atoms with Crippen LogP contribution in [0.25, 0.3) is 11.0 Å². The van der Waals surface area contributed by atoms with E-state index in [0.29, 0.717) is 29.3 Å². The van der Waals surface area contributed by atoms with Crippen LogP contribution in [0.4, 0.5) is 5.82 Å². The maximum atomic E-state index is 8.99. The first-order valence-electron chi connectivity index (χ1n) is 8.64. The molecule has 3 N–H and O–H groups in total. The van der Waals surface area contributed by atoms with Gasteiger partial charge in [0.05, 0.1) is 25.4 Å². The molecule has 1 aromatic carbocycles. The van der Waals surface area contributed by atoms with Gasteiger partial charge in [-0.1, -0.05) is 30.3 Å². The minimum Gasteiger partial charge on any atom is -0.474 e. The maximum absolute atomic E-state index is 8.99. The second-order valence-corrected chi connectivity index (χ2v) is 6.32. The molecule has 1 fully saturated rings. The molecule has 8 heteroatoms. The molecule has 0 saturated heterocycles. The summed E-state index contributed by atoms with van der Waals surface area (Å²) >= 11 is 0. The van der Waals surface area contributed by atoms with Crippen LogP contribution in [0.5, 0.6) is 5.88 Å². The number of anilines is 1. The largest absolute Gasteiger partial charge is 0.474 e. The summed E-state index contributed by atoms with van der Waals surface area (Å²) in [6, 6.07) is 10.3. The second-order valence-electron chi connectivity index (χ2n) is 6.32. The van der Waals surface area contributed by atoms with Crippen LogP contribution in [0.1, 0.15) is 24.4 Å². The van der Waals surface area contributed by atoms with Crippen LogP contribution in [-0.4, -0.2) is 44.2 Å². The van der Waals surface area contributed by atoms with Crippen molar-refractivity contribution in [2.24, 2.45) is 0 Å². The van der Waals surface area contributed by atoms with Gasteiger partial charge in [0.25, 0.3) is 0 Å². The van der Waals surface area contributed by atoms with E-state index in [0.717, 1.165) is 12.8 Å². The number of aromatic nitrogens is 4. The molecule has 1 saturated carbocycles. The van der Waals surface area contributed by atoms with Crippen LogP contribution in [-0.2, 0) is 11.3 Å². The number of ether oxygens (including phenoxy) is 2. The van der Waals surface area contributed by atoms with Crippen LogP contribution in [0.2, 0.25) is 0 Å². The normalized spacial score (nSPS) is 19.4. The Labute approximate surface area is 150 Å². The molecule has 0 atom stereocenters. The zero-order valence-corrected chi connectivity index (χ0v) is 14.3. The fraction of sp³-hybridized carbons (Fsp3) is 0.389. The molecule has 0 spiro atoms. The van der Waals surface area contributed by atoms with E-state index in [-0.39, 0.29) is 25.4 Å². The van der Waals surface area contributed by atoms with Crippen molar-refractivity contribution in [3.05, 3.63) is 42.2 Å². The van der Waals surface area contributed by atoms with Crippen molar-refractivity contribution in [3.8, 4) is 5.88 Å². The topological polar surface area (TPSA) is 108 Å². The highest BCUT2D eigenvalue weighted by Gasteiger charge is 2.34. The average Bonchev–Trinajstić information content (AvgIpc) is 2.99. The Morgan fingerprint density at radius 1 is 1.19 bits per heavy atom. The van der Waals surface area contributed by atoms with Gasteiger partial charge in [0, 0.05) is 0 Å². The van der Waals surface area contributed by atoms with Gasteiger partial charge in [0.1, 0.15) is 24.1 Å². The molecule has 1 aliphatic rings. The number of nitrogen functional groups attached to an aromatic ring is 1. The molecule has 1 aliphatic carbocycles. The Balaban J connectivity index is 1.45. The van der Waals surface area contributed by atoms with E-state index < -0.39 is 0 Å². The summed E-state index contributed by atoms with van der Waals surface area (Å²) in [5.74, 6) is 0.686.